The molecular weight excluding hydrogens is 205 g/mol. The molecule has 1 atom stereocenters. The normalized spacial score (nSPS) is 11.4. The van der Waals surface area contributed by atoms with Gasteiger partial charge in [0.1, 0.15) is 0 Å². The fourth-order valence-electron chi connectivity index (χ4n) is 1.48. The third-order valence-electron chi connectivity index (χ3n) is 2.36. The predicted octanol–water partition coefficient (Wildman–Crippen LogP) is 2.66. The van der Waals surface area contributed by atoms with Gasteiger partial charge in [-0.1, -0.05) is 29.2 Å². The highest BCUT2D eigenvalue weighted by atomic mass is 31.1. The largest absolute Gasteiger partial charge is 0.376 e. The van der Waals surface area contributed by atoms with Gasteiger partial charge in [0.25, 0.3) is 0 Å². The van der Waals surface area contributed by atoms with E-state index in [0.717, 1.165) is 43.7 Å². The SMILES string of the molecule is NCCCCCC[P+](=O)c1ccccc1. The molecule has 0 aliphatic rings. The molecule has 1 unspecified atom stereocenters. The second kappa shape index (κ2) is 7.56. The topological polar surface area (TPSA) is 43.1 Å². The molecule has 1 aromatic rings. The van der Waals surface area contributed by atoms with E-state index in [9.17, 15) is 4.57 Å². The number of hydrogen-bond donors (Lipinski definition) is 1. The molecule has 1 aromatic carbocycles. The van der Waals surface area contributed by atoms with Crippen molar-refractivity contribution >= 4 is 13.1 Å². The standard InChI is InChI=1S/C12H19NOP/c13-10-6-1-2-7-11-15(14)12-8-4-3-5-9-12/h3-5,8-9H,1-2,6-7,10-11,13H2/q+1. The second-order valence-corrected chi connectivity index (χ2v) is 5.36. The van der Waals surface area contributed by atoms with Crippen molar-refractivity contribution in [2.45, 2.75) is 25.7 Å². The molecular formula is C12H19NOP+. The van der Waals surface area contributed by atoms with Crippen molar-refractivity contribution in [3.63, 3.8) is 0 Å². The van der Waals surface area contributed by atoms with E-state index in [2.05, 4.69) is 0 Å². The number of unbranched alkanes of at least 4 members (excludes halogenated alkanes) is 3. The van der Waals surface area contributed by atoms with Crippen LogP contribution in [0.2, 0.25) is 0 Å². The van der Waals surface area contributed by atoms with Crippen LogP contribution in [0.1, 0.15) is 25.7 Å². The predicted molar refractivity (Wildman–Crippen MR) is 66.1 cm³/mol. The Morgan fingerprint density at radius 1 is 1.00 bits per heavy atom. The maximum atomic E-state index is 11.8. The van der Waals surface area contributed by atoms with Gasteiger partial charge in [-0.2, -0.15) is 0 Å². The van der Waals surface area contributed by atoms with E-state index in [1.807, 2.05) is 30.3 Å². The summed E-state index contributed by atoms with van der Waals surface area (Å²) in [5.41, 5.74) is 5.40. The van der Waals surface area contributed by atoms with Crippen molar-refractivity contribution in [3.8, 4) is 0 Å². The van der Waals surface area contributed by atoms with Gasteiger partial charge in [-0.05, 0) is 37.9 Å². The Balaban J connectivity index is 2.20. The molecule has 82 valence electrons. The molecule has 0 spiro atoms. The van der Waals surface area contributed by atoms with Crippen LogP contribution in [-0.2, 0) is 4.57 Å². The van der Waals surface area contributed by atoms with Gasteiger partial charge in [-0.3, -0.25) is 0 Å². The van der Waals surface area contributed by atoms with Crippen LogP contribution in [0.4, 0.5) is 0 Å². The molecule has 0 radical (unpaired) electrons. The minimum absolute atomic E-state index is 0.769. The van der Waals surface area contributed by atoms with Crippen molar-refractivity contribution in [2.24, 2.45) is 5.73 Å². The van der Waals surface area contributed by atoms with E-state index in [0.29, 0.717) is 0 Å². The minimum atomic E-state index is -1.18. The van der Waals surface area contributed by atoms with Gasteiger partial charge >= 0.3 is 7.80 Å². The molecule has 0 bridgehead atoms. The Morgan fingerprint density at radius 2 is 1.67 bits per heavy atom. The molecule has 0 aliphatic heterocycles. The van der Waals surface area contributed by atoms with Crippen LogP contribution in [0.3, 0.4) is 0 Å². The summed E-state index contributed by atoms with van der Waals surface area (Å²) in [5, 5.41) is 0.978. The van der Waals surface area contributed by atoms with Crippen molar-refractivity contribution in [1.82, 2.24) is 0 Å². The van der Waals surface area contributed by atoms with Crippen LogP contribution >= 0.6 is 7.80 Å². The molecule has 3 heteroatoms. The summed E-state index contributed by atoms with van der Waals surface area (Å²) in [7, 11) is -1.18. The van der Waals surface area contributed by atoms with Crippen molar-refractivity contribution in [3.05, 3.63) is 30.3 Å². The average Bonchev–Trinajstić information content (AvgIpc) is 2.30. The molecule has 0 aliphatic carbocycles. The lowest BCUT2D eigenvalue weighted by Crippen LogP contribution is -1.99. The Labute approximate surface area is 92.7 Å². The average molecular weight is 224 g/mol. The summed E-state index contributed by atoms with van der Waals surface area (Å²) >= 11 is 0. The van der Waals surface area contributed by atoms with Gasteiger partial charge in [0, 0.05) is 0 Å². The van der Waals surface area contributed by atoms with Crippen LogP contribution in [0.5, 0.6) is 0 Å². The van der Waals surface area contributed by atoms with Gasteiger partial charge in [0.05, 0.1) is 0 Å². The zero-order chi connectivity index (χ0) is 10.9. The molecule has 1 rings (SSSR count). The third kappa shape index (κ3) is 5.06. The number of nitrogens with two attached hydrogens (primary N) is 1. The van der Waals surface area contributed by atoms with Crippen LogP contribution in [0.25, 0.3) is 0 Å². The van der Waals surface area contributed by atoms with Crippen LogP contribution < -0.4 is 11.0 Å². The maximum Gasteiger partial charge on any atom is 0.376 e. The van der Waals surface area contributed by atoms with Gasteiger partial charge < -0.3 is 5.73 Å². The molecule has 2 N–H and O–H groups in total. The van der Waals surface area contributed by atoms with E-state index in [1.54, 1.807) is 0 Å². The zero-order valence-corrected chi connectivity index (χ0v) is 9.96. The highest BCUT2D eigenvalue weighted by Crippen LogP contribution is 2.21. The minimum Gasteiger partial charge on any atom is -0.330 e. The summed E-state index contributed by atoms with van der Waals surface area (Å²) in [4.78, 5) is 0. The lowest BCUT2D eigenvalue weighted by molar-refractivity contribution is 0.588. The first-order valence-electron chi connectivity index (χ1n) is 5.54. The van der Waals surface area contributed by atoms with Crippen molar-refractivity contribution in [2.75, 3.05) is 12.7 Å². The summed E-state index contributed by atoms with van der Waals surface area (Å²) in [6.07, 6.45) is 5.25. The zero-order valence-electron chi connectivity index (χ0n) is 9.06. The molecule has 0 saturated carbocycles. The second-order valence-electron chi connectivity index (χ2n) is 3.64. The van der Waals surface area contributed by atoms with E-state index in [4.69, 9.17) is 5.73 Å². The Kier molecular flexibility index (Phi) is 6.22. The highest BCUT2D eigenvalue weighted by molar-refractivity contribution is 7.53. The molecule has 0 saturated heterocycles. The number of benzene rings is 1. The van der Waals surface area contributed by atoms with E-state index < -0.39 is 7.80 Å². The fourth-order valence-corrected chi connectivity index (χ4v) is 2.75. The first-order valence-corrected chi connectivity index (χ1v) is 6.99. The van der Waals surface area contributed by atoms with Gasteiger partial charge in [0.2, 0.25) is 0 Å². The lowest BCUT2D eigenvalue weighted by atomic mass is 10.2. The molecule has 2 nitrogen and oxygen atoms in total. The van der Waals surface area contributed by atoms with Crippen molar-refractivity contribution < 1.29 is 4.57 Å². The molecule has 0 fully saturated rings. The first-order chi connectivity index (χ1) is 7.34. The number of hydrogen-bond acceptors (Lipinski definition) is 2. The highest BCUT2D eigenvalue weighted by Gasteiger charge is 2.17. The Hall–Kier alpha value is -0.720. The Bertz CT molecular complexity index is 287. The fraction of sp³-hybridized carbons (Fsp3) is 0.500. The smallest absolute Gasteiger partial charge is 0.330 e. The van der Waals surface area contributed by atoms with Crippen molar-refractivity contribution in [1.29, 1.82) is 0 Å². The number of rotatable bonds is 7. The summed E-state index contributed by atoms with van der Waals surface area (Å²) in [5.74, 6) is 0. The summed E-state index contributed by atoms with van der Waals surface area (Å²) < 4.78 is 11.8. The van der Waals surface area contributed by atoms with Gasteiger partial charge in [0.15, 0.2) is 11.5 Å². The van der Waals surface area contributed by atoms with E-state index >= 15 is 0 Å². The summed E-state index contributed by atoms with van der Waals surface area (Å²) in [6, 6.07) is 9.72. The monoisotopic (exact) mass is 224 g/mol. The van der Waals surface area contributed by atoms with Gasteiger partial charge in [-0.15, -0.1) is 0 Å². The van der Waals surface area contributed by atoms with Crippen LogP contribution in [0.15, 0.2) is 30.3 Å². The van der Waals surface area contributed by atoms with Crippen LogP contribution in [-0.4, -0.2) is 12.7 Å². The van der Waals surface area contributed by atoms with E-state index in [-0.39, 0.29) is 0 Å². The quantitative estimate of drug-likeness (QED) is 0.571. The molecule has 15 heavy (non-hydrogen) atoms. The molecule has 0 aromatic heterocycles. The van der Waals surface area contributed by atoms with Crippen LogP contribution in [0, 0.1) is 0 Å². The maximum absolute atomic E-state index is 11.8. The Morgan fingerprint density at radius 3 is 2.33 bits per heavy atom. The first kappa shape index (κ1) is 12.4. The third-order valence-corrected chi connectivity index (χ3v) is 3.96. The summed E-state index contributed by atoms with van der Waals surface area (Å²) in [6.45, 7) is 0.769. The molecule has 0 amide bonds. The van der Waals surface area contributed by atoms with E-state index in [1.165, 1.54) is 0 Å². The lowest BCUT2D eigenvalue weighted by Gasteiger charge is -1.94. The molecule has 0 heterocycles. The van der Waals surface area contributed by atoms with Gasteiger partial charge in [-0.25, -0.2) is 0 Å².